The third kappa shape index (κ3) is 2.86. The van der Waals surface area contributed by atoms with Gasteiger partial charge in [0.05, 0.1) is 18.5 Å². The summed E-state index contributed by atoms with van der Waals surface area (Å²) >= 11 is 6.01. The SMILES string of the molecule is COc1ccc(NC(=O)c2cccc(Cl)c2C)c(N)c1. The summed E-state index contributed by atoms with van der Waals surface area (Å²) in [7, 11) is 1.56. The Kier molecular flexibility index (Phi) is 4.15. The van der Waals surface area contributed by atoms with E-state index in [0.29, 0.717) is 27.7 Å². The van der Waals surface area contributed by atoms with Crippen LogP contribution < -0.4 is 15.8 Å². The molecular weight excluding hydrogens is 276 g/mol. The van der Waals surface area contributed by atoms with Crippen molar-refractivity contribution in [3.05, 3.63) is 52.5 Å². The molecule has 0 aliphatic rings. The zero-order valence-electron chi connectivity index (χ0n) is 11.2. The quantitative estimate of drug-likeness (QED) is 0.851. The lowest BCUT2D eigenvalue weighted by molar-refractivity contribution is 0.102. The monoisotopic (exact) mass is 290 g/mol. The molecule has 2 aromatic carbocycles. The van der Waals surface area contributed by atoms with Crippen LogP contribution >= 0.6 is 11.6 Å². The van der Waals surface area contributed by atoms with Gasteiger partial charge in [0.25, 0.3) is 5.91 Å². The lowest BCUT2D eigenvalue weighted by atomic mass is 10.1. The molecular formula is C15H15ClN2O2. The van der Waals surface area contributed by atoms with Crippen molar-refractivity contribution in [2.45, 2.75) is 6.92 Å². The van der Waals surface area contributed by atoms with Crippen molar-refractivity contribution in [3.63, 3.8) is 0 Å². The molecule has 2 aromatic rings. The summed E-state index contributed by atoms with van der Waals surface area (Å²) in [5, 5.41) is 3.32. The number of rotatable bonds is 3. The molecule has 0 atom stereocenters. The van der Waals surface area contributed by atoms with Crippen LogP contribution in [0.3, 0.4) is 0 Å². The summed E-state index contributed by atoms with van der Waals surface area (Å²) in [5.74, 6) is 0.390. The highest BCUT2D eigenvalue weighted by molar-refractivity contribution is 6.32. The number of benzene rings is 2. The van der Waals surface area contributed by atoms with E-state index < -0.39 is 0 Å². The van der Waals surface area contributed by atoms with E-state index in [1.165, 1.54) is 0 Å². The summed E-state index contributed by atoms with van der Waals surface area (Å²) in [6.07, 6.45) is 0. The fourth-order valence-electron chi connectivity index (χ4n) is 1.82. The van der Waals surface area contributed by atoms with Gasteiger partial charge in [0.1, 0.15) is 5.75 Å². The summed E-state index contributed by atoms with van der Waals surface area (Å²) in [4.78, 5) is 12.2. The minimum Gasteiger partial charge on any atom is -0.497 e. The molecule has 3 N–H and O–H groups in total. The number of ether oxygens (including phenoxy) is 1. The topological polar surface area (TPSA) is 64.3 Å². The van der Waals surface area contributed by atoms with Crippen molar-refractivity contribution < 1.29 is 9.53 Å². The van der Waals surface area contributed by atoms with Crippen LogP contribution in [0.15, 0.2) is 36.4 Å². The zero-order valence-corrected chi connectivity index (χ0v) is 12.0. The number of halogens is 1. The molecule has 4 nitrogen and oxygen atoms in total. The highest BCUT2D eigenvalue weighted by atomic mass is 35.5. The van der Waals surface area contributed by atoms with Crippen molar-refractivity contribution >= 4 is 28.9 Å². The van der Waals surface area contributed by atoms with Crippen molar-refractivity contribution in [1.82, 2.24) is 0 Å². The van der Waals surface area contributed by atoms with E-state index >= 15 is 0 Å². The maximum Gasteiger partial charge on any atom is 0.256 e. The second-order valence-electron chi connectivity index (χ2n) is 4.32. The van der Waals surface area contributed by atoms with Gasteiger partial charge in [-0.15, -0.1) is 0 Å². The second-order valence-corrected chi connectivity index (χ2v) is 4.73. The van der Waals surface area contributed by atoms with Gasteiger partial charge in [0.15, 0.2) is 0 Å². The summed E-state index contributed by atoms with van der Waals surface area (Å²) in [6, 6.07) is 10.3. The van der Waals surface area contributed by atoms with Crippen LogP contribution in [0.5, 0.6) is 5.75 Å². The highest BCUT2D eigenvalue weighted by Crippen LogP contribution is 2.25. The average molecular weight is 291 g/mol. The molecule has 0 aliphatic heterocycles. The van der Waals surface area contributed by atoms with Gasteiger partial charge >= 0.3 is 0 Å². The first-order valence-corrected chi connectivity index (χ1v) is 6.40. The molecule has 0 aromatic heterocycles. The molecule has 0 fully saturated rings. The number of amides is 1. The Hall–Kier alpha value is -2.20. The average Bonchev–Trinajstić information content (AvgIpc) is 2.44. The molecule has 1 amide bonds. The lowest BCUT2D eigenvalue weighted by Gasteiger charge is -2.11. The molecule has 2 rings (SSSR count). The van der Waals surface area contributed by atoms with E-state index in [4.69, 9.17) is 22.1 Å². The molecule has 0 bridgehead atoms. The first kappa shape index (κ1) is 14.2. The largest absolute Gasteiger partial charge is 0.497 e. The van der Waals surface area contributed by atoms with Crippen molar-refractivity contribution in [3.8, 4) is 5.75 Å². The third-order valence-corrected chi connectivity index (χ3v) is 3.43. The number of carbonyl (C=O) groups is 1. The minimum atomic E-state index is -0.248. The predicted molar refractivity (Wildman–Crippen MR) is 81.5 cm³/mol. The molecule has 0 unspecified atom stereocenters. The van der Waals surface area contributed by atoms with Gasteiger partial charge in [0, 0.05) is 16.7 Å². The fourth-order valence-corrected chi connectivity index (χ4v) is 2.00. The van der Waals surface area contributed by atoms with Crippen LogP contribution in [-0.4, -0.2) is 13.0 Å². The number of nitrogens with one attached hydrogen (secondary N) is 1. The van der Waals surface area contributed by atoms with E-state index in [9.17, 15) is 4.79 Å². The van der Waals surface area contributed by atoms with Crippen LogP contribution in [0, 0.1) is 6.92 Å². The molecule has 0 saturated heterocycles. The molecule has 20 heavy (non-hydrogen) atoms. The van der Waals surface area contributed by atoms with Gasteiger partial charge in [-0.2, -0.15) is 0 Å². The van der Waals surface area contributed by atoms with Crippen LogP contribution in [0.4, 0.5) is 11.4 Å². The van der Waals surface area contributed by atoms with E-state index in [-0.39, 0.29) is 5.91 Å². The molecule has 0 spiro atoms. The fraction of sp³-hybridized carbons (Fsp3) is 0.133. The van der Waals surface area contributed by atoms with Gasteiger partial charge in [0.2, 0.25) is 0 Å². The molecule has 0 aliphatic carbocycles. The number of methoxy groups -OCH3 is 1. The number of nitrogens with two attached hydrogens (primary N) is 1. The van der Waals surface area contributed by atoms with Gasteiger partial charge in [-0.1, -0.05) is 17.7 Å². The Morgan fingerprint density at radius 3 is 2.70 bits per heavy atom. The van der Waals surface area contributed by atoms with Gasteiger partial charge in [-0.05, 0) is 36.8 Å². The van der Waals surface area contributed by atoms with Crippen molar-refractivity contribution in [2.24, 2.45) is 0 Å². The number of hydrogen-bond donors (Lipinski definition) is 2. The van der Waals surface area contributed by atoms with E-state index in [1.807, 2.05) is 0 Å². The second kappa shape index (κ2) is 5.84. The number of carbonyl (C=O) groups excluding carboxylic acids is 1. The number of hydrogen-bond acceptors (Lipinski definition) is 3. The smallest absolute Gasteiger partial charge is 0.256 e. The molecule has 104 valence electrons. The van der Waals surface area contributed by atoms with Crippen molar-refractivity contribution in [1.29, 1.82) is 0 Å². The van der Waals surface area contributed by atoms with Crippen molar-refractivity contribution in [2.75, 3.05) is 18.2 Å². The van der Waals surface area contributed by atoms with Gasteiger partial charge in [-0.3, -0.25) is 4.79 Å². The normalized spacial score (nSPS) is 10.2. The first-order chi connectivity index (χ1) is 9.52. The van der Waals surface area contributed by atoms with E-state index in [1.54, 1.807) is 50.4 Å². The predicted octanol–water partition coefficient (Wildman–Crippen LogP) is 3.49. The number of anilines is 2. The Morgan fingerprint density at radius 2 is 2.05 bits per heavy atom. The Balaban J connectivity index is 2.26. The Morgan fingerprint density at radius 1 is 1.30 bits per heavy atom. The number of nitrogen functional groups attached to an aromatic ring is 1. The van der Waals surface area contributed by atoms with E-state index in [2.05, 4.69) is 5.32 Å². The van der Waals surface area contributed by atoms with Crippen LogP contribution in [-0.2, 0) is 0 Å². The third-order valence-electron chi connectivity index (χ3n) is 3.02. The standard InChI is InChI=1S/C15H15ClN2O2/c1-9-11(4-3-5-12(9)16)15(19)18-14-7-6-10(20-2)8-13(14)17/h3-8H,17H2,1-2H3,(H,18,19). The van der Waals surface area contributed by atoms with Gasteiger partial charge in [-0.25, -0.2) is 0 Å². The van der Waals surface area contributed by atoms with E-state index in [0.717, 1.165) is 5.56 Å². The summed E-state index contributed by atoms with van der Waals surface area (Å²) < 4.78 is 5.06. The highest BCUT2D eigenvalue weighted by Gasteiger charge is 2.12. The molecule has 0 heterocycles. The maximum absolute atomic E-state index is 12.2. The minimum absolute atomic E-state index is 0.248. The maximum atomic E-state index is 12.2. The zero-order chi connectivity index (χ0) is 14.7. The lowest BCUT2D eigenvalue weighted by Crippen LogP contribution is -2.14. The molecule has 5 heteroatoms. The Bertz CT molecular complexity index is 656. The Labute approximate surface area is 122 Å². The summed E-state index contributed by atoms with van der Waals surface area (Å²) in [5.41, 5.74) is 8.11. The summed E-state index contributed by atoms with van der Waals surface area (Å²) in [6.45, 7) is 1.80. The van der Waals surface area contributed by atoms with Crippen LogP contribution in [0.1, 0.15) is 15.9 Å². The molecule has 0 radical (unpaired) electrons. The van der Waals surface area contributed by atoms with Crippen LogP contribution in [0.2, 0.25) is 5.02 Å². The first-order valence-electron chi connectivity index (χ1n) is 6.03. The van der Waals surface area contributed by atoms with Gasteiger partial charge < -0.3 is 15.8 Å². The van der Waals surface area contributed by atoms with Crippen LogP contribution in [0.25, 0.3) is 0 Å². The molecule has 0 saturated carbocycles.